The van der Waals surface area contributed by atoms with E-state index in [1.54, 1.807) is 12.1 Å². The second kappa shape index (κ2) is 6.41. The Hall–Kier alpha value is -2.08. The topological polar surface area (TPSA) is 81.8 Å². The van der Waals surface area contributed by atoms with Crippen LogP contribution in [0.5, 0.6) is 0 Å². The summed E-state index contributed by atoms with van der Waals surface area (Å²) in [7, 11) is 0. The van der Waals surface area contributed by atoms with Crippen molar-refractivity contribution in [2.45, 2.75) is 0 Å². The highest BCUT2D eigenvalue weighted by atomic mass is 35.5. The zero-order chi connectivity index (χ0) is 11.8. The van der Waals surface area contributed by atoms with Gasteiger partial charge in [-0.25, -0.2) is 15.0 Å². The third kappa shape index (κ3) is 4.43. The van der Waals surface area contributed by atoms with Crippen LogP contribution in [0.4, 0.5) is 5.69 Å². The van der Waals surface area contributed by atoms with Crippen LogP contribution in [0.2, 0.25) is 5.02 Å². The van der Waals surface area contributed by atoms with Crippen LogP contribution < -0.4 is 0 Å². The molecule has 0 radical (unpaired) electrons. The predicted molar refractivity (Wildman–Crippen MR) is 57.9 cm³/mol. The van der Waals surface area contributed by atoms with Gasteiger partial charge in [-0.3, -0.25) is 10.1 Å². The first-order valence-electron chi connectivity index (χ1n) is 4.15. The first-order chi connectivity index (χ1) is 7.70. The minimum Gasteiger partial charge on any atom is -0.258 e. The molecule has 0 unspecified atom stereocenters. The molecule has 1 heterocycles. The van der Waals surface area contributed by atoms with Gasteiger partial charge in [0.05, 0.1) is 4.92 Å². The van der Waals surface area contributed by atoms with E-state index in [0.29, 0.717) is 5.02 Å². The number of hydrogen-bond acceptors (Lipinski definition) is 5. The number of non-ortho nitro benzene ring substituents is 1. The van der Waals surface area contributed by atoms with E-state index in [-0.39, 0.29) is 5.69 Å². The third-order valence-corrected chi connectivity index (χ3v) is 1.65. The van der Waals surface area contributed by atoms with E-state index in [1.165, 1.54) is 31.1 Å². The maximum absolute atomic E-state index is 10.1. The van der Waals surface area contributed by atoms with Crippen molar-refractivity contribution in [2.24, 2.45) is 0 Å². The number of halogens is 1. The Morgan fingerprint density at radius 3 is 2.00 bits per heavy atom. The molecule has 82 valence electrons. The molecule has 6 nitrogen and oxygen atoms in total. The molecule has 0 saturated carbocycles. The Kier molecular flexibility index (Phi) is 4.81. The Morgan fingerprint density at radius 2 is 1.69 bits per heavy atom. The number of aromatic nitrogens is 3. The van der Waals surface area contributed by atoms with Gasteiger partial charge in [-0.1, -0.05) is 17.7 Å². The van der Waals surface area contributed by atoms with E-state index in [0.717, 1.165) is 0 Å². The molecule has 0 saturated heterocycles. The average Bonchev–Trinajstić information content (AvgIpc) is 2.32. The number of hydrogen-bond donors (Lipinski definition) is 0. The van der Waals surface area contributed by atoms with Crippen molar-refractivity contribution >= 4 is 17.3 Å². The van der Waals surface area contributed by atoms with Gasteiger partial charge in [-0.15, -0.1) is 0 Å². The lowest BCUT2D eigenvalue weighted by molar-refractivity contribution is -0.384. The van der Waals surface area contributed by atoms with Crippen LogP contribution in [0.3, 0.4) is 0 Å². The van der Waals surface area contributed by atoms with Gasteiger partial charge in [0.15, 0.2) is 0 Å². The van der Waals surface area contributed by atoms with Gasteiger partial charge in [0.25, 0.3) is 5.69 Å². The standard InChI is InChI=1S/C6H4ClNO2.C3H3N3/c7-5-2-1-3-6(4-5)8(9)10;1-4-2-6-3-5-1/h1-4H;1-3H. The van der Waals surface area contributed by atoms with Gasteiger partial charge in [-0.05, 0) is 6.07 Å². The van der Waals surface area contributed by atoms with Gasteiger partial charge < -0.3 is 0 Å². The van der Waals surface area contributed by atoms with Gasteiger partial charge in [-0.2, -0.15) is 0 Å². The van der Waals surface area contributed by atoms with E-state index in [1.807, 2.05) is 0 Å². The van der Waals surface area contributed by atoms with Gasteiger partial charge >= 0.3 is 0 Å². The fourth-order valence-electron chi connectivity index (χ4n) is 0.795. The molecular weight excluding hydrogens is 232 g/mol. The monoisotopic (exact) mass is 238 g/mol. The minimum absolute atomic E-state index is 0.0208. The molecular formula is C9H7ClN4O2. The number of nitrogens with zero attached hydrogens (tertiary/aromatic N) is 4. The Bertz CT molecular complexity index is 426. The van der Waals surface area contributed by atoms with Gasteiger partial charge in [0.1, 0.15) is 19.0 Å². The highest BCUT2D eigenvalue weighted by Gasteiger charge is 2.02. The maximum Gasteiger partial charge on any atom is 0.270 e. The second-order valence-electron chi connectivity index (χ2n) is 2.53. The van der Waals surface area contributed by atoms with Crippen molar-refractivity contribution in [2.75, 3.05) is 0 Å². The molecule has 1 aromatic heterocycles. The van der Waals surface area contributed by atoms with Crippen molar-refractivity contribution < 1.29 is 4.92 Å². The predicted octanol–water partition coefficient (Wildman–Crippen LogP) is 2.12. The molecule has 1 aromatic carbocycles. The molecule has 0 aliphatic heterocycles. The fraction of sp³-hybridized carbons (Fsp3) is 0. The van der Waals surface area contributed by atoms with E-state index in [9.17, 15) is 10.1 Å². The summed E-state index contributed by atoms with van der Waals surface area (Å²) in [5.41, 5.74) is 0.0208. The third-order valence-electron chi connectivity index (χ3n) is 1.42. The molecule has 0 aliphatic carbocycles. The van der Waals surface area contributed by atoms with Crippen molar-refractivity contribution in [3.05, 3.63) is 58.4 Å². The lowest BCUT2D eigenvalue weighted by Crippen LogP contribution is -1.85. The van der Waals surface area contributed by atoms with Crippen LogP contribution in [-0.2, 0) is 0 Å². The summed E-state index contributed by atoms with van der Waals surface area (Å²) in [6.45, 7) is 0. The minimum atomic E-state index is -0.480. The highest BCUT2D eigenvalue weighted by Crippen LogP contribution is 2.16. The van der Waals surface area contributed by atoms with Crippen LogP contribution in [-0.4, -0.2) is 19.9 Å². The summed E-state index contributed by atoms with van der Waals surface area (Å²) in [6, 6.07) is 5.84. The lowest BCUT2D eigenvalue weighted by atomic mass is 10.3. The lowest BCUT2D eigenvalue weighted by Gasteiger charge is -1.89. The van der Waals surface area contributed by atoms with Crippen LogP contribution in [0.15, 0.2) is 43.2 Å². The van der Waals surface area contributed by atoms with Crippen LogP contribution in [0.25, 0.3) is 0 Å². The maximum atomic E-state index is 10.1. The molecule has 0 amide bonds. The van der Waals surface area contributed by atoms with Crippen LogP contribution in [0.1, 0.15) is 0 Å². The molecule has 0 spiro atoms. The number of nitro benzene ring substituents is 1. The zero-order valence-corrected chi connectivity index (χ0v) is 8.78. The van der Waals surface area contributed by atoms with E-state index < -0.39 is 4.92 Å². The number of rotatable bonds is 1. The SMILES string of the molecule is O=[N+]([O-])c1cccc(Cl)c1.c1ncncn1. The largest absolute Gasteiger partial charge is 0.270 e. The van der Waals surface area contributed by atoms with Gasteiger partial charge in [0, 0.05) is 17.2 Å². The molecule has 16 heavy (non-hydrogen) atoms. The molecule has 0 fully saturated rings. The first-order valence-corrected chi connectivity index (χ1v) is 4.53. The number of benzene rings is 1. The second-order valence-corrected chi connectivity index (χ2v) is 2.97. The molecule has 0 atom stereocenters. The highest BCUT2D eigenvalue weighted by molar-refractivity contribution is 6.30. The summed E-state index contributed by atoms with van der Waals surface area (Å²) in [6.07, 6.45) is 4.31. The van der Waals surface area contributed by atoms with E-state index >= 15 is 0 Å². The van der Waals surface area contributed by atoms with Crippen molar-refractivity contribution in [1.29, 1.82) is 0 Å². The number of nitro groups is 1. The smallest absolute Gasteiger partial charge is 0.258 e. The van der Waals surface area contributed by atoms with Crippen molar-refractivity contribution in [3.8, 4) is 0 Å². The Morgan fingerprint density at radius 1 is 1.12 bits per heavy atom. The summed E-state index contributed by atoms with van der Waals surface area (Å²) < 4.78 is 0. The van der Waals surface area contributed by atoms with Crippen molar-refractivity contribution in [1.82, 2.24) is 15.0 Å². The van der Waals surface area contributed by atoms with Gasteiger partial charge in [0.2, 0.25) is 0 Å². The molecule has 2 aromatic rings. The zero-order valence-electron chi connectivity index (χ0n) is 8.02. The first kappa shape index (κ1) is 12.0. The van der Waals surface area contributed by atoms with E-state index in [2.05, 4.69) is 15.0 Å². The molecule has 7 heteroatoms. The fourth-order valence-corrected chi connectivity index (χ4v) is 0.979. The average molecular weight is 239 g/mol. The quantitative estimate of drug-likeness (QED) is 0.561. The van der Waals surface area contributed by atoms with E-state index in [4.69, 9.17) is 11.6 Å². The van der Waals surface area contributed by atoms with Crippen molar-refractivity contribution in [3.63, 3.8) is 0 Å². The molecule has 0 N–H and O–H groups in total. The summed E-state index contributed by atoms with van der Waals surface area (Å²) in [5, 5.41) is 10.5. The Balaban J connectivity index is 0.000000181. The molecule has 2 rings (SSSR count). The normalized spacial score (nSPS) is 8.81. The molecule has 0 aliphatic rings. The summed E-state index contributed by atoms with van der Waals surface area (Å²) >= 11 is 5.48. The van der Waals surface area contributed by atoms with Crippen LogP contribution >= 0.6 is 11.6 Å². The van der Waals surface area contributed by atoms with Crippen LogP contribution in [0, 0.1) is 10.1 Å². The summed E-state index contributed by atoms with van der Waals surface area (Å²) in [5.74, 6) is 0. The molecule has 0 bridgehead atoms. The summed E-state index contributed by atoms with van der Waals surface area (Å²) in [4.78, 5) is 20.3. The Labute approximate surface area is 96.1 Å².